The van der Waals surface area contributed by atoms with Gasteiger partial charge in [0, 0.05) is 55.6 Å². The number of hydrogen-bond donors (Lipinski definition) is 2. The van der Waals surface area contributed by atoms with E-state index >= 15 is 0 Å². The number of anilines is 1. The highest BCUT2D eigenvalue weighted by Crippen LogP contribution is 2.25. The van der Waals surface area contributed by atoms with Gasteiger partial charge in [-0.2, -0.15) is 0 Å². The quantitative estimate of drug-likeness (QED) is 0.640. The van der Waals surface area contributed by atoms with E-state index in [2.05, 4.69) is 28.2 Å². The van der Waals surface area contributed by atoms with Crippen LogP contribution in [0.3, 0.4) is 0 Å². The van der Waals surface area contributed by atoms with Crippen LogP contribution in [0, 0.1) is 6.92 Å². The number of rotatable bonds is 6. The van der Waals surface area contributed by atoms with Crippen LogP contribution in [0.2, 0.25) is 0 Å². The Hall–Kier alpha value is -3.45. The lowest BCUT2D eigenvalue weighted by Crippen LogP contribution is -2.44. The third-order valence-electron chi connectivity index (χ3n) is 5.57. The largest absolute Gasteiger partial charge is 0.497 e. The number of piperazine rings is 1. The molecule has 1 aliphatic heterocycles. The van der Waals surface area contributed by atoms with E-state index in [1.165, 1.54) is 5.56 Å². The van der Waals surface area contributed by atoms with Gasteiger partial charge in [0.05, 0.1) is 12.8 Å². The number of pyridine rings is 2. The summed E-state index contributed by atoms with van der Waals surface area (Å²) in [7, 11) is 1.67. The average molecular weight is 418 g/mol. The lowest BCUT2D eigenvalue weighted by molar-refractivity contribution is 0.1000. The molecule has 31 heavy (non-hydrogen) atoms. The van der Waals surface area contributed by atoms with Crippen LogP contribution in [-0.4, -0.2) is 49.2 Å². The molecule has 0 atom stereocenters. The Bertz CT molecular complexity index is 1090. The first kappa shape index (κ1) is 20.8. The smallest absolute Gasteiger partial charge is 0.248 e. The van der Waals surface area contributed by atoms with Gasteiger partial charge in [-0.05, 0) is 54.4 Å². The lowest BCUT2D eigenvalue weighted by atomic mass is 10.0. The number of nitrogens with one attached hydrogen (secondary N) is 1. The maximum Gasteiger partial charge on any atom is 0.248 e. The van der Waals surface area contributed by atoms with Crippen LogP contribution in [-0.2, 0) is 6.42 Å². The normalized spacial score (nSPS) is 13.8. The number of amides is 1. The second-order valence-electron chi connectivity index (χ2n) is 7.71. The molecule has 0 saturated carbocycles. The minimum Gasteiger partial charge on any atom is -0.497 e. The first-order valence-corrected chi connectivity index (χ1v) is 10.4. The fraction of sp³-hybridized carbons (Fsp3) is 0.292. The van der Waals surface area contributed by atoms with E-state index in [4.69, 9.17) is 15.5 Å². The molecule has 1 fully saturated rings. The standard InChI is InChI=1S/C24H27N5O2/c1-16-11-21(31-2)4-3-17(16)12-20-13-18(5-6-27-20)22-14-19(24(25)30)15-23(28-22)29-9-7-26-8-10-29/h3-6,11,13-15,26H,7-10,12H2,1-2H3,(H2,25,30). The SMILES string of the molecule is COc1ccc(Cc2cc(-c3cc(C(N)=O)cc(N4CCNCC4)n3)ccn2)c(C)c1. The van der Waals surface area contributed by atoms with Crippen molar-refractivity contribution in [1.29, 1.82) is 0 Å². The molecule has 0 bridgehead atoms. The van der Waals surface area contributed by atoms with Crippen molar-refractivity contribution < 1.29 is 9.53 Å². The van der Waals surface area contributed by atoms with Gasteiger partial charge in [0.1, 0.15) is 11.6 Å². The molecule has 7 nitrogen and oxygen atoms in total. The van der Waals surface area contributed by atoms with Gasteiger partial charge in [0.15, 0.2) is 0 Å². The number of ether oxygens (including phenoxy) is 1. The topological polar surface area (TPSA) is 93.4 Å². The summed E-state index contributed by atoms with van der Waals surface area (Å²) in [4.78, 5) is 23.5. The van der Waals surface area contributed by atoms with Crippen LogP contribution in [0.25, 0.3) is 11.3 Å². The maximum absolute atomic E-state index is 12.0. The highest BCUT2D eigenvalue weighted by molar-refractivity contribution is 5.94. The fourth-order valence-corrected chi connectivity index (χ4v) is 3.79. The van der Waals surface area contributed by atoms with Gasteiger partial charge >= 0.3 is 0 Å². The van der Waals surface area contributed by atoms with Gasteiger partial charge in [-0.1, -0.05) is 6.07 Å². The van der Waals surface area contributed by atoms with E-state index in [0.29, 0.717) is 12.0 Å². The summed E-state index contributed by atoms with van der Waals surface area (Å²) in [5.41, 5.74) is 11.0. The molecular formula is C24H27N5O2. The molecular weight excluding hydrogens is 390 g/mol. The number of nitrogens with two attached hydrogens (primary N) is 1. The summed E-state index contributed by atoms with van der Waals surface area (Å²) in [6.45, 7) is 5.52. The zero-order chi connectivity index (χ0) is 21.8. The van der Waals surface area contributed by atoms with E-state index in [9.17, 15) is 4.79 Å². The molecule has 160 valence electrons. The van der Waals surface area contributed by atoms with Gasteiger partial charge in [-0.25, -0.2) is 4.98 Å². The third-order valence-corrected chi connectivity index (χ3v) is 5.57. The number of hydrogen-bond acceptors (Lipinski definition) is 6. The van der Waals surface area contributed by atoms with Crippen molar-refractivity contribution in [3.8, 4) is 17.0 Å². The van der Waals surface area contributed by atoms with Crippen molar-refractivity contribution in [1.82, 2.24) is 15.3 Å². The molecule has 1 amide bonds. The van der Waals surface area contributed by atoms with Crippen LogP contribution < -0.4 is 20.7 Å². The molecule has 7 heteroatoms. The summed E-state index contributed by atoms with van der Waals surface area (Å²) in [6, 6.07) is 13.5. The minimum atomic E-state index is -0.455. The number of carbonyl (C=O) groups is 1. The molecule has 0 unspecified atom stereocenters. The third kappa shape index (κ3) is 4.83. The zero-order valence-electron chi connectivity index (χ0n) is 17.9. The van der Waals surface area contributed by atoms with Crippen LogP contribution in [0.4, 0.5) is 5.82 Å². The molecule has 1 aromatic carbocycles. The Morgan fingerprint density at radius 1 is 1.16 bits per heavy atom. The Morgan fingerprint density at radius 3 is 2.68 bits per heavy atom. The van der Waals surface area contributed by atoms with E-state index < -0.39 is 5.91 Å². The maximum atomic E-state index is 12.0. The Kier molecular flexibility index (Phi) is 6.13. The number of methoxy groups -OCH3 is 1. The summed E-state index contributed by atoms with van der Waals surface area (Å²) < 4.78 is 5.30. The molecule has 0 spiro atoms. The summed E-state index contributed by atoms with van der Waals surface area (Å²) >= 11 is 0. The van der Waals surface area contributed by atoms with E-state index in [1.807, 2.05) is 24.3 Å². The molecule has 2 aromatic heterocycles. The average Bonchev–Trinajstić information content (AvgIpc) is 2.81. The molecule has 0 radical (unpaired) electrons. The molecule has 0 aliphatic carbocycles. The Balaban J connectivity index is 1.66. The lowest BCUT2D eigenvalue weighted by Gasteiger charge is -2.29. The predicted molar refractivity (Wildman–Crippen MR) is 122 cm³/mol. The second-order valence-corrected chi connectivity index (χ2v) is 7.71. The van der Waals surface area contributed by atoms with Crippen LogP contribution in [0.1, 0.15) is 27.2 Å². The van der Waals surface area contributed by atoms with E-state index in [1.54, 1.807) is 25.4 Å². The van der Waals surface area contributed by atoms with Gasteiger partial charge in [0.25, 0.3) is 0 Å². The minimum absolute atomic E-state index is 0.455. The van der Waals surface area contributed by atoms with Crippen molar-refractivity contribution in [3.63, 3.8) is 0 Å². The number of primary amides is 1. The number of aryl methyl sites for hydroxylation is 1. The molecule has 4 rings (SSSR count). The molecule has 1 saturated heterocycles. The van der Waals surface area contributed by atoms with E-state index in [-0.39, 0.29) is 0 Å². The highest BCUT2D eigenvalue weighted by Gasteiger charge is 2.16. The van der Waals surface area contributed by atoms with Crippen molar-refractivity contribution in [2.24, 2.45) is 5.73 Å². The second kappa shape index (κ2) is 9.14. The van der Waals surface area contributed by atoms with Crippen molar-refractivity contribution in [2.75, 3.05) is 38.2 Å². The number of nitrogens with zero attached hydrogens (tertiary/aromatic N) is 3. The molecule has 3 N–H and O–H groups in total. The van der Waals surface area contributed by atoms with E-state index in [0.717, 1.165) is 60.3 Å². The number of benzene rings is 1. The van der Waals surface area contributed by atoms with Crippen molar-refractivity contribution >= 4 is 11.7 Å². The Labute approximate surface area is 182 Å². The predicted octanol–water partition coefficient (Wildman–Crippen LogP) is 2.56. The van der Waals surface area contributed by atoms with Crippen LogP contribution >= 0.6 is 0 Å². The monoisotopic (exact) mass is 417 g/mol. The van der Waals surface area contributed by atoms with Crippen LogP contribution in [0.5, 0.6) is 5.75 Å². The number of aromatic nitrogens is 2. The summed E-state index contributed by atoms with van der Waals surface area (Å²) in [5, 5.41) is 3.33. The van der Waals surface area contributed by atoms with Crippen molar-refractivity contribution in [3.05, 3.63) is 71.0 Å². The fourth-order valence-electron chi connectivity index (χ4n) is 3.79. The zero-order valence-corrected chi connectivity index (χ0v) is 17.9. The molecule has 3 aromatic rings. The first-order valence-electron chi connectivity index (χ1n) is 10.4. The van der Waals surface area contributed by atoms with Crippen molar-refractivity contribution in [2.45, 2.75) is 13.3 Å². The van der Waals surface area contributed by atoms with Gasteiger partial charge < -0.3 is 20.7 Å². The summed E-state index contributed by atoms with van der Waals surface area (Å²) in [6.07, 6.45) is 2.48. The first-order chi connectivity index (χ1) is 15.0. The Morgan fingerprint density at radius 2 is 1.97 bits per heavy atom. The van der Waals surface area contributed by atoms with Crippen LogP contribution in [0.15, 0.2) is 48.7 Å². The number of carbonyl (C=O) groups excluding carboxylic acids is 1. The summed E-state index contributed by atoms with van der Waals surface area (Å²) in [5.74, 6) is 1.16. The molecule has 3 heterocycles. The molecule has 1 aliphatic rings. The highest BCUT2D eigenvalue weighted by atomic mass is 16.5. The van der Waals surface area contributed by atoms with Gasteiger partial charge in [-0.3, -0.25) is 9.78 Å². The van der Waals surface area contributed by atoms with Gasteiger partial charge in [-0.15, -0.1) is 0 Å². The van der Waals surface area contributed by atoms with Gasteiger partial charge in [0.2, 0.25) is 5.91 Å².